The molecule has 0 aromatic carbocycles. The Bertz CT molecular complexity index is 191. The molecular weight excluding hydrogens is 192 g/mol. The van der Waals surface area contributed by atoms with Crippen LogP contribution < -0.4 is 0 Å². The van der Waals surface area contributed by atoms with E-state index in [1.165, 1.54) is 12.8 Å². The van der Waals surface area contributed by atoms with Crippen molar-refractivity contribution in [3.8, 4) is 0 Å². The molecule has 2 N–H and O–H groups in total. The van der Waals surface area contributed by atoms with Gasteiger partial charge in [0.05, 0.1) is 6.10 Å². The van der Waals surface area contributed by atoms with Crippen molar-refractivity contribution in [2.45, 2.75) is 63.9 Å². The van der Waals surface area contributed by atoms with E-state index in [4.69, 9.17) is 5.11 Å². The highest BCUT2D eigenvalue weighted by Crippen LogP contribution is 2.29. The Hall–Kier alpha value is -0.570. The van der Waals surface area contributed by atoms with E-state index in [0.717, 1.165) is 38.5 Å². The molecule has 2 unspecified atom stereocenters. The van der Waals surface area contributed by atoms with Crippen LogP contribution in [0.3, 0.4) is 0 Å². The van der Waals surface area contributed by atoms with Gasteiger partial charge in [0.15, 0.2) is 0 Å². The predicted octanol–water partition coefficient (Wildman–Crippen LogP) is 2.57. The average molecular weight is 214 g/mol. The molecule has 1 aliphatic rings. The monoisotopic (exact) mass is 214 g/mol. The van der Waals surface area contributed by atoms with Gasteiger partial charge in [-0.15, -0.1) is 0 Å². The second-order valence-corrected chi connectivity index (χ2v) is 4.60. The highest BCUT2D eigenvalue weighted by molar-refractivity contribution is 5.66. The van der Waals surface area contributed by atoms with E-state index in [1.54, 1.807) is 0 Å². The molecule has 1 fully saturated rings. The average Bonchev–Trinajstić information content (AvgIpc) is 2.57. The van der Waals surface area contributed by atoms with Crippen molar-refractivity contribution in [1.29, 1.82) is 0 Å². The van der Waals surface area contributed by atoms with E-state index in [1.807, 2.05) is 0 Å². The van der Waals surface area contributed by atoms with Crippen LogP contribution in [-0.2, 0) is 4.79 Å². The van der Waals surface area contributed by atoms with Crippen LogP contribution in [0.15, 0.2) is 0 Å². The van der Waals surface area contributed by atoms with Gasteiger partial charge in [-0.2, -0.15) is 0 Å². The van der Waals surface area contributed by atoms with Crippen LogP contribution in [-0.4, -0.2) is 22.3 Å². The fourth-order valence-electron chi connectivity index (χ4n) is 2.39. The zero-order chi connectivity index (χ0) is 11.1. The first-order chi connectivity index (χ1) is 7.20. The summed E-state index contributed by atoms with van der Waals surface area (Å²) in [5, 5.41) is 18.0. The lowest BCUT2D eigenvalue weighted by Gasteiger charge is -2.13. The molecule has 0 bridgehead atoms. The molecule has 0 aliphatic heterocycles. The first kappa shape index (κ1) is 12.5. The minimum absolute atomic E-state index is 0.0657. The molecule has 0 saturated heterocycles. The Kier molecular flexibility index (Phi) is 5.69. The summed E-state index contributed by atoms with van der Waals surface area (Å²) in [5.74, 6) is -0.175. The molecule has 2 atom stereocenters. The van der Waals surface area contributed by atoms with Crippen molar-refractivity contribution in [3.63, 3.8) is 0 Å². The second kappa shape index (κ2) is 6.83. The third kappa shape index (κ3) is 5.17. The van der Waals surface area contributed by atoms with Gasteiger partial charge >= 0.3 is 5.97 Å². The van der Waals surface area contributed by atoms with Gasteiger partial charge in [0.1, 0.15) is 0 Å². The van der Waals surface area contributed by atoms with Gasteiger partial charge in [0.25, 0.3) is 0 Å². The Morgan fingerprint density at radius 3 is 2.47 bits per heavy atom. The Morgan fingerprint density at radius 1 is 1.13 bits per heavy atom. The third-order valence-corrected chi connectivity index (χ3v) is 3.33. The Morgan fingerprint density at radius 2 is 1.87 bits per heavy atom. The second-order valence-electron chi connectivity index (χ2n) is 4.60. The summed E-state index contributed by atoms with van der Waals surface area (Å²) in [4.78, 5) is 10.3. The summed E-state index contributed by atoms with van der Waals surface area (Å²) >= 11 is 0. The molecule has 15 heavy (non-hydrogen) atoms. The molecule has 0 aromatic heterocycles. The number of aliphatic carboxylic acids is 1. The fourth-order valence-corrected chi connectivity index (χ4v) is 2.39. The van der Waals surface area contributed by atoms with Gasteiger partial charge < -0.3 is 10.2 Å². The number of carboxylic acid groups (broad SMARTS) is 1. The highest BCUT2D eigenvalue weighted by Gasteiger charge is 2.24. The minimum Gasteiger partial charge on any atom is -0.481 e. The lowest BCUT2D eigenvalue weighted by Crippen LogP contribution is -2.12. The minimum atomic E-state index is -0.693. The summed E-state index contributed by atoms with van der Waals surface area (Å²) in [7, 11) is 0. The lowest BCUT2D eigenvalue weighted by atomic mass is 9.97. The van der Waals surface area contributed by atoms with Gasteiger partial charge in [-0.1, -0.05) is 25.7 Å². The molecule has 1 saturated carbocycles. The zero-order valence-electron chi connectivity index (χ0n) is 9.32. The van der Waals surface area contributed by atoms with Crippen molar-refractivity contribution in [1.82, 2.24) is 0 Å². The van der Waals surface area contributed by atoms with Gasteiger partial charge in [0, 0.05) is 6.42 Å². The molecule has 0 heterocycles. The number of unbranched alkanes of at least 4 members (excludes halogenated alkanes) is 3. The summed E-state index contributed by atoms with van der Waals surface area (Å²) in [6.45, 7) is 0. The van der Waals surface area contributed by atoms with Gasteiger partial charge in [-0.3, -0.25) is 4.79 Å². The predicted molar refractivity (Wildman–Crippen MR) is 58.7 cm³/mol. The van der Waals surface area contributed by atoms with Crippen molar-refractivity contribution in [3.05, 3.63) is 0 Å². The number of hydrogen-bond acceptors (Lipinski definition) is 2. The Balaban J connectivity index is 1.90. The third-order valence-electron chi connectivity index (χ3n) is 3.33. The SMILES string of the molecule is O=C(O)CCCCCCC1CCCC1O. The number of carboxylic acids is 1. The van der Waals surface area contributed by atoms with E-state index >= 15 is 0 Å². The van der Waals surface area contributed by atoms with Gasteiger partial charge in [0.2, 0.25) is 0 Å². The summed E-state index contributed by atoms with van der Waals surface area (Å²) in [6, 6.07) is 0. The molecule has 88 valence electrons. The summed E-state index contributed by atoms with van der Waals surface area (Å²) < 4.78 is 0. The molecule has 0 radical (unpaired) electrons. The number of rotatable bonds is 7. The van der Waals surface area contributed by atoms with Crippen LogP contribution in [0, 0.1) is 5.92 Å². The van der Waals surface area contributed by atoms with Crippen molar-refractivity contribution >= 4 is 5.97 Å². The molecular formula is C12H22O3. The number of hydrogen-bond donors (Lipinski definition) is 2. The maximum atomic E-state index is 10.3. The first-order valence-corrected chi connectivity index (χ1v) is 6.10. The molecule has 0 aromatic rings. The Labute approximate surface area is 91.5 Å². The number of carbonyl (C=O) groups is 1. The van der Waals surface area contributed by atoms with Crippen LogP contribution in [0.25, 0.3) is 0 Å². The van der Waals surface area contributed by atoms with Crippen LogP contribution in [0.4, 0.5) is 0 Å². The van der Waals surface area contributed by atoms with Crippen molar-refractivity contribution in [2.24, 2.45) is 5.92 Å². The van der Waals surface area contributed by atoms with Crippen LogP contribution in [0.5, 0.6) is 0 Å². The zero-order valence-corrected chi connectivity index (χ0v) is 9.32. The van der Waals surface area contributed by atoms with E-state index in [9.17, 15) is 9.90 Å². The maximum Gasteiger partial charge on any atom is 0.303 e. The number of aliphatic hydroxyl groups excluding tert-OH is 1. The largest absolute Gasteiger partial charge is 0.481 e. The first-order valence-electron chi connectivity index (χ1n) is 6.10. The lowest BCUT2D eigenvalue weighted by molar-refractivity contribution is -0.137. The molecule has 0 spiro atoms. The van der Waals surface area contributed by atoms with Crippen molar-refractivity contribution in [2.75, 3.05) is 0 Å². The normalized spacial score (nSPS) is 25.7. The van der Waals surface area contributed by atoms with Gasteiger partial charge in [-0.25, -0.2) is 0 Å². The quantitative estimate of drug-likeness (QED) is 0.640. The van der Waals surface area contributed by atoms with E-state index in [-0.39, 0.29) is 6.10 Å². The number of aliphatic hydroxyl groups is 1. The van der Waals surface area contributed by atoms with Crippen LogP contribution in [0.1, 0.15) is 57.8 Å². The van der Waals surface area contributed by atoms with Gasteiger partial charge in [-0.05, 0) is 31.6 Å². The topological polar surface area (TPSA) is 57.5 Å². The standard InChI is InChI=1S/C12H22O3/c13-11-8-5-7-10(11)6-3-1-2-4-9-12(14)15/h10-11,13H,1-9H2,(H,14,15). The van der Waals surface area contributed by atoms with E-state index in [0.29, 0.717) is 12.3 Å². The molecule has 1 rings (SSSR count). The van der Waals surface area contributed by atoms with Crippen LogP contribution >= 0.6 is 0 Å². The highest BCUT2D eigenvalue weighted by atomic mass is 16.4. The van der Waals surface area contributed by atoms with E-state index < -0.39 is 5.97 Å². The summed E-state index contributed by atoms with van der Waals surface area (Å²) in [5.41, 5.74) is 0. The maximum absolute atomic E-state index is 10.3. The van der Waals surface area contributed by atoms with Crippen LogP contribution in [0.2, 0.25) is 0 Å². The smallest absolute Gasteiger partial charge is 0.303 e. The molecule has 0 amide bonds. The van der Waals surface area contributed by atoms with Crippen molar-refractivity contribution < 1.29 is 15.0 Å². The van der Waals surface area contributed by atoms with E-state index in [2.05, 4.69) is 0 Å². The summed E-state index contributed by atoms with van der Waals surface area (Å²) in [6.07, 6.45) is 8.73. The molecule has 3 heteroatoms. The molecule has 1 aliphatic carbocycles. The fraction of sp³-hybridized carbons (Fsp3) is 0.917. The molecule has 3 nitrogen and oxygen atoms in total.